The minimum Gasteiger partial charge on any atom is -0.355 e. The summed E-state index contributed by atoms with van der Waals surface area (Å²) in [5.41, 5.74) is 1.92. The van der Waals surface area contributed by atoms with Crippen LogP contribution >= 0.6 is 0 Å². The van der Waals surface area contributed by atoms with Crippen LogP contribution in [0.5, 0.6) is 0 Å². The Hall–Kier alpha value is -1.58. The summed E-state index contributed by atoms with van der Waals surface area (Å²) >= 11 is 0. The molecule has 0 fully saturated rings. The van der Waals surface area contributed by atoms with Gasteiger partial charge in [0.15, 0.2) is 5.76 Å². The molecule has 0 amide bonds. The number of nitrogens with zero attached hydrogens (tertiary/aromatic N) is 3. The van der Waals surface area contributed by atoms with E-state index in [9.17, 15) is 0 Å². The molecule has 2 aromatic heterocycles. The van der Waals surface area contributed by atoms with Gasteiger partial charge in [0.1, 0.15) is 5.69 Å². The van der Waals surface area contributed by atoms with E-state index in [1.165, 1.54) is 0 Å². The molecule has 62 valence electrons. The average Bonchev–Trinajstić information content (AvgIpc) is 2.61. The number of aromatic nitrogens is 3. The highest BCUT2D eigenvalue weighted by Crippen LogP contribution is 2.16. The van der Waals surface area contributed by atoms with Crippen LogP contribution in [0, 0.1) is 6.92 Å². The van der Waals surface area contributed by atoms with E-state index >= 15 is 0 Å². The molecule has 4 heteroatoms. The molecule has 0 bridgehead atoms. The molecule has 0 aromatic carbocycles. The largest absolute Gasteiger partial charge is 0.355 e. The van der Waals surface area contributed by atoms with Crippen molar-refractivity contribution in [2.24, 2.45) is 7.05 Å². The molecule has 4 nitrogen and oxygen atoms in total. The van der Waals surface area contributed by atoms with E-state index in [0.717, 1.165) is 11.4 Å². The highest BCUT2D eigenvalue weighted by atomic mass is 16.5. The van der Waals surface area contributed by atoms with E-state index in [-0.39, 0.29) is 0 Å². The summed E-state index contributed by atoms with van der Waals surface area (Å²) in [6.07, 6.45) is 1.61. The fourth-order valence-electron chi connectivity index (χ4n) is 1.03. The van der Waals surface area contributed by atoms with Crippen LogP contribution in [0.1, 0.15) is 5.69 Å². The van der Waals surface area contributed by atoms with Gasteiger partial charge in [-0.05, 0) is 13.0 Å². The Morgan fingerprint density at radius 3 is 2.83 bits per heavy atom. The third kappa shape index (κ3) is 1.01. The minimum atomic E-state index is 0.707. The fraction of sp³-hybridized carbons (Fsp3) is 0.250. The first-order valence-corrected chi connectivity index (χ1v) is 3.69. The maximum atomic E-state index is 4.96. The Labute approximate surface area is 69.8 Å². The number of rotatable bonds is 1. The van der Waals surface area contributed by atoms with Crippen LogP contribution in [0.4, 0.5) is 0 Å². The highest BCUT2D eigenvalue weighted by molar-refractivity contribution is 5.51. The monoisotopic (exact) mass is 163 g/mol. The lowest BCUT2D eigenvalue weighted by atomic mass is 10.3. The maximum absolute atomic E-state index is 4.96. The number of hydrogen-bond acceptors (Lipinski definition) is 3. The molecule has 0 radical (unpaired) electrons. The molecule has 0 atom stereocenters. The lowest BCUT2D eigenvalue weighted by molar-refractivity contribution is 0.430. The Bertz CT molecular complexity index is 355. The molecular weight excluding hydrogens is 154 g/mol. The second-order valence-corrected chi connectivity index (χ2v) is 2.67. The first-order valence-electron chi connectivity index (χ1n) is 3.69. The zero-order valence-electron chi connectivity index (χ0n) is 6.98. The molecule has 0 aliphatic carbocycles. The molecule has 2 heterocycles. The van der Waals surface area contributed by atoms with Crippen molar-refractivity contribution in [1.29, 1.82) is 0 Å². The summed E-state index contributed by atoms with van der Waals surface area (Å²) in [6.45, 7) is 1.99. The Morgan fingerprint density at radius 2 is 2.33 bits per heavy atom. The molecule has 0 saturated heterocycles. The Morgan fingerprint density at radius 1 is 1.50 bits per heavy atom. The topological polar surface area (TPSA) is 43.9 Å². The standard InChI is InChI=1S/C8H9N3O/c1-6-5-7(10-11(6)2)8-3-4-9-12-8/h3-5H,1-2H3. The van der Waals surface area contributed by atoms with Crippen molar-refractivity contribution >= 4 is 0 Å². The van der Waals surface area contributed by atoms with E-state index in [0.29, 0.717) is 5.76 Å². The molecule has 2 aromatic rings. The van der Waals surface area contributed by atoms with Crippen LogP contribution in [0.15, 0.2) is 22.9 Å². The summed E-state index contributed by atoms with van der Waals surface area (Å²) in [6, 6.07) is 3.75. The zero-order chi connectivity index (χ0) is 8.55. The van der Waals surface area contributed by atoms with Gasteiger partial charge in [0.05, 0.1) is 6.20 Å². The molecule has 0 saturated carbocycles. The van der Waals surface area contributed by atoms with Crippen molar-refractivity contribution in [2.45, 2.75) is 6.92 Å². The predicted molar refractivity (Wildman–Crippen MR) is 43.4 cm³/mol. The first kappa shape index (κ1) is 7.09. The van der Waals surface area contributed by atoms with Gasteiger partial charge in [-0.1, -0.05) is 5.16 Å². The second kappa shape index (κ2) is 2.48. The van der Waals surface area contributed by atoms with Crippen molar-refractivity contribution in [1.82, 2.24) is 14.9 Å². The molecule has 12 heavy (non-hydrogen) atoms. The van der Waals surface area contributed by atoms with Crippen LogP contribution in [-0.2, 0) is 7.05 Å². The second-order valence-electron chi connectivity index (χ2n) is 2.67. The van der Waals surface area contributed by atoms with Gasteiger partial charge >= 0.3 is 0 Å². The summed E-state index contributed by atoms with van der Waals surface area (Å²) < 4.78 is 6.77. The molecular formula is C8H9N3O. The smallest absolute Gasteiger partial charge is 0.187 e. The van der Waals surface area contributed by atoms with Gasteiger partial charge in [-0.2, -0.15) is 5.10 Å². The van der Waals surface area contributed by atoms with Crippen LogP contribution in [-0.4, -0.2) is 14.9 Å². The van der Waals surface area contributed by atoms with Gasteiger partial charge in [-0.25, -0.2) is 0 Å². The molecule has 0 unspecified atom stereocenters. The SMILES string of the molecule is Cc1cc(-c2ccno2)nn1C. The third-order valence-electron chi connectivity index (χ3n) is 1.80. The summed E-state index contributed by atoms with van der Waals surface area (Å²) in [5.74, 6) is 0.707. The van der Waals surface area contributed by atoms with Gasteiger partial charge in [-0.15, -0.1) is 0 Å². The Kier molecular flexibility index (Phi) is 1.46. The van der Waals surface area contributed by atoms with Gasteiger partial charge in [0.2, 0.25) is 0 Å². The van der Waals surface area contributed by atoms with Crippen molar-refractivity contribution < 1.29 is 4.52 Å². The highest BCUT2D eigenvalue weighted by Gasteiger charge is 2.06. The minimum absolute atomic E-state index is 0.707. The molecule has 2 rings (SSSR count). The van der Waals surface area contributed by atoms with Crippen molar-refractivity contribution in [3.63, 3.8) is 0 Å². The summed E-state index contributed by atoms with van der Waals surface area (Å²) in [7, 11) is 1.90. The van der Waals surface area contributed by atoms with Gasteiger partial charge < -0.3 is 4.52 Å². The lowest BCUT2D eigenvalue weighted by Crippen LogP contribution is -1.91. The van der Waals surface area contributed by atoms with Crippen LogP contribution in [0.25, 0.3) is 11.5 Å². The third-order valence-corrected chi connectivity index (χ3v) is 1.80. The van der Waals surface area contributed by atoms with E-state index in [2.05, 4.69) is 10.3 Å². The van der Waals surface area contributed by atoms with Crippen molar-refractivity contribution in [3.05, 3.63) is 24.0 Å². The number of aryl methyl sites for hydroxylation is 2. The van der Waals surface area contributed by atoms with Gasteiger partial charge in [0, 0.05) is 18.8 Å². The summed E-state index contributed by atoms with van der Waals surface area (Å²) in [4.78, 5) is 0. The quantitative estimate of drug-likeness (QED) is 0.638. The van der Waals surface area contributed by atoms with E-state index < -0.39 is 0 Å². The van der Waals surface area contributed by atoms with E-state index in [1.54, 1.807) is 16.9 Å². The molecule has 0 spiro atoms. The Balaban J connectivity index is 2.48. The van der Waals surface area contributed by atoms with E-state index in [1.807, 2.05) is 20.0 Å². The average molecular weight is 163 g/mol. The van der Waals surface area contributed by atoms with E-state index in [4.69, 9.17) is 4.52 Å². The summed E-state index contributed by atoms with van der Waals surface area (Å²) in [5, 5.41) is 7.85. The zero-order valence-corrected chi connectivity index (χ0v) is 6.98. The molecule has 0 N–H and O–H groups in total. The van der Waals surface area contributed by atoms with Crippen molar-refractivity contribution in [2.75, 3.05) is 0 Å². The maximum Gasteiger partial charge on any atom is 0.187 e. The van der Waals surface area contributed by atoms with Crippen LogP contribution in [0.3, 0.4) is 0 Å². The first-order chi connectivity index (χ1) is 5.77. The fourth-order valence-corrected chi connectivity index (χ4v) is 1.03. The molecule has 0 aliphatic rings. The normalized spacial score (nSPS) is 10.5. The van der Waals surface area contributed by atoms with Crippen molar-refractivity contribution in [3.8, 4) is 11.5 Å². The lowest BCUT2D eigenvalue weighted by Gasteiger charge is -1.88. The molecule has 0 aliphatic heterocycles. The predicted octanol–water partition coefficient (Wildman–Crippen LogP) is 1.38. The number of hydrogen-bond donors (Lipinski definition) is 0. The van der Waals surface area contributed by atoms with Crippen LogP contribution in [0.2, 0.25) is 0 Å². The van der Waals surface area contributed by atoms with Gasteiger partial charge in [-0.3, -0.25) is 4.68 Å². The van der Waals surface area contributed by atoms with Gasteiger partial charge in [0.25, 0.3) is 0 Å². The van der Waals surface area contributed by atoms with Crippen LogP contribution < -0.4 is 0 Å².